The van der Waals surface area contributed by atoms with Crippen LogP contribution in [0.4, 0.5) is 8.78 Å². The van der Waals surface area contributed by atoms with Crippen LogP contribution in [0.3, 0.4) is 0 Å². The zero-order valence-electron chi connectivity index (χ0n) is 7.49. The number of nitriles is 1. The van der Waals surface area contributed by atoms with Crippen LogP contribution in [-0.2, 0) is 9.05 Å². The fraction of sp³-hybridized carbons (Fsp3) is 0.125. The molecule has 0 saturated carbocycles. The van der Waals surface area contributed by atoms with Crippen molar-refractivity contribution in [3.05, 3.63) is 23.3 Å². The Bertz CT molecular complexity index is 566. The Morgan fingerprint density at radius 1 is 1.44 bits per heavy atom. The largest absolute Gasteiger partial charge is 0.265 e. The maximum absolute atomic E-state index is 12.6. The molecule has 1 aromatic carbocycles. The Balaban J connectivity index is 3.68. The molecule has 0 fully saturated rings. The number of nitrogens with zero attached hydrogens (tertiary/aromatic N) is 1. The van der Waals surface area contributed by atoms with Crippen LogP contribution in [0, 0.1) is 11.3 Å². The number of hydrogen-bond donors (Lipinski definition) is 1. The van der Waals surface area contributed by atoms with E-state index in [-0.39, 0.29) is 10.5 Å². The molecule has 0 atom stereocenters. The van der Waals surface area contributed by atoms with Crippen molar-refractivity contribution < 1.29 is 17.2 Å². The van der Waals surface area contributed by atoms with E-state index in [1.54, 1.807) is 6.07 Å². The standard InChI is InChI=1S/C8H4ClF2NO2S2/c9-16(13,14)7-5(8(10)11)1-4(3-12)2-6(7)15/h1-2,8,15H. The van der Waals surface area contributed by atoms with Crippen molar-refractivity contribution in [2.24, 2.45) is 0 Å². The molecule has 0 N–H and O–H groups in total. The predicted octanol–water partition coefficient (Wildman–Crippen LogP) is 2.71. The van der Waals surface area contributed by atoms with E-state index in [1.807, 2.05) is 0 Å². The maximum Gasteiger partial charge on any atom is 0.265 e. The maximum atomic E-state index is 12.6. The van der Waals surface area contributed by atoms with Gasteiger partial charge in [0.2, 0.25) is 0 Å². The zero-order chi connectivity index (χ0) is 12.5. The molecule has 0 amide bonds. The molecular weight excluding hydrogens is 280 g/mol. The SMILES string of the molecule is N#Cc1cc(S)c(S(=O)(=O)Cl)c(C(F)F)c1. The lowest BCUT2D eigenvalue weighted by molar-refractivity contribution is 0.147. The van der Waals surface area contributed by atoms with Gasteiger partial charge in [-0.2, -0.15) is 5.26 Å². The van der Waals surface area contributed by atoms with Crippen molar-refractivity contribution in [3.8, 4) is 6.07 Å². The molecule has 0 radical (unpaired) electrons. The second-order valence-corrected chi connectivity index (χ2v) is 5.75. The molecule has 0 aromatic heterocycles. The first-order valence-electron chi connectivity index (χ1n) is 3.77. The first-order chi connectivity index (χ1) is 7.27. The first-order valence-corrected chi connectivity index (χ1v) is 6.53. The van der Waals surface area contributed by atoms with Gasteiger partial charge in [0.05, 0.1) is 11.6 Å². The van der Waals surface area contributed by atoms with Crippen molar-refractivity contribution >= 4 is 32.4 Å². The highest BCUT2D eigenvalue weighted by molar-refractivity contribution is 8.14. The van der Waals surface area contributed by atoms with Gasteiger partial charge in [-0.3, -0.25) is 0 Å². The second-order valence-electron chi connectivity index (χ2n) is 2.76. The summed E-state index contributed by atoms with van der Waals surface area (Å²) in [4.78, 5) is -1.03. The third-order valence-electron chi connectivity index (χ3n) is 1.71. The van der Waals surface area contributed by atoms with Gasteiger partial charge in [0.25, 0.3) is 15.5 Å². The lowest BCUT2D eigenvalue weighted by Crippen LogP contribution is -2.01. The minimum Gasteiger partial charge on any atom is -0.207 e. The summed E-state index contributed by atoms with van der Waals surface area (Å²) in [5.74, 6) is 0. The van der Waals surface area contributed by atoms with Crippen LogP contribution in [0.2, 0.25) is 0 Å². The molecule has 3 nitrogen and oxygen atoms in total. The highest BCUT2D eigenvalue weighted by Gasteiger charge is 2.25. The average Bonchev–Trinajstić information content (AvgIpc) is 2.14. The van der Waals surface area contributed by atoms with E-state index in [2.05, 4.69) is 12.6 Å². The van der Waals surface area contributed by atoms with E-state index in [4.69, 9.17) is 15.9 Å². The molecule has 0 bridgehead atoms. The fourth-order valence-corrected chi connectivity index (χ4v) is 3.17. The van der Waals surface area contributed by atoms with Crippen LogP contribution in [0.1, 0.15) is 17.6 Å². The Kier molecular flexibility index (Phi) is 3.78. The molecule has 0 spiro atoms. The minimum atomic E-state index is -4.33. The van der Waals surface area contributed by atoms with Crippen molar-refractivity contribution in [1.82, 2.24) is 0 Å². The van der Waals surface area contributed by atoms with E-state index in [9.17, 15) is 17.2 Å². The summed E-state index contributed by atoms with van der Waals surface area (Å²) in [5.41, 5.74) is -0.927. The normalized spacial score (nSPS) is 11.5. The summed E-state index contributed by atoms with van der Waals surface area (Å²) in [6.45, 7) is 0. The molecule has 0 unspecified atom stereocenters. The van der Waals surface area contributed by atoms with Crippen LogP contribution in [0.15, 0.2) is 21.9 Å². The summed E-state index contributed by atoms with van der Waals surface area (Å²) in [6, 6.07) is 3.46. The molecule has 86 valence electrons. The van der Waals surface area contributed by atoms with Crippen molar-refractivity contribution in [1.29, 1.82) is 5.26 Å². The average molecular weight is 284 g/mol. The smallest absolute Gasteiger partial charge is 0.207 e. The molecule has 1 aromatic rings. The molecular formula is C8H4ClF2NO2S2. The van der Waals surface area contributed by atoms with Crippen molar-refractivity contribution in [2.45, 2.75) is 16.2 Å². The summed E-state index contributed by atoms with van der Waals surface area (Å²) in [7, 11) is 0.688. The molecule has 0 aliphatic heterocycles. The zero-order valence-corrected chi connectivity index (χ0v) is 9.95. The van der Waals surface area contributed by atoms with Crippen LogP contribution < -0.4 is 0 Å². The van der Waals surface area contributed by atoms with Gasteiger partial charge in [-0.05, 0) is 12.1 Å². The Hall–Kier alpha value is -0.840. The molecule has 1 rings (SSSR count). The molecule has 8 heteroatoms. The van der Waals surface area contributed by atoms with Gasteiger partial charge in [0, 0.05) is 21.1 Å². The summed E-state index contributed by atoms with van der Waals surface area (Å²) < 4.78 is 47.3. The molecule has 0 aliphatic carbocycles. The summed E-state index contributed by atoms with van der Waals surface area (Å²) >= 11 is 3.73. The topological polar surface area (TPSA) is 57.9 Å². The predicted molar refractivity (Wildman–Crippen MR) is 56.4 cm³/mol. The third kappa shape index (κ3) is 2.64. The lowest BCUT2D eigenvalue weighted by Gasteiger charge is -2.08. The first kappa shape index (κ1) is 13.2. The highest BCUT2D eigenvalue weighted by Crippen LogP contribution is 2.34. The number of alkyl halides is 2. The quantitative estimate of drug-likeness (QED) is 0.671. The molecule has 0 aliphatic rings. The molecule has 16 heavy (non-hydrogen) atoms. The Morgan fingerprint density at radius 2 is 2.00 bits per heavy atom. The van der Waals surface area contributed by atoms with Crippen LogP contribution in [-0.4, -0.2) is 8.42 Å². The van der Waals surface area contributed by atoms with Gasteiger partial charge in [-0.15, -0.1) is 12.6 Å². The number of hydrogen-bond acceptors (Lipinski definition) is 4. The van der Waals surface area contributed by atoms with E-state index < -0.39 is 25.9 Å². The minimum absolute atomic E-state index is 0.107. The Labute approximate surface area is 100 Å². The van der Waals surface area contributed by atoms with Gasteiger partial charge < -0.3 is 0 Å². The number of halogens is 3. The molecule has 0 saturated heterocycles. The monoisotopic (exact) mass is 283 g/mol. The fourth-order valence-electron chi connectivity index (χ4n) is 1.13. The van der Waals surface area contributed by atoms with Crippen molar-refractivity contribution in [2.75, 3.05) is 0 Å². The second kappa shape index (κ2) is 4.57. The van der Waals surface area contributed by atoms with E-state index in [0.717, 1.165) is 12.1 Å². The van der Waals surface area contributed by atoms with Gasteiger partial charge in [0.15, 0.2) is 0 Å². The highest BCUT2D eigenvalue weighted by atomic mass is 35.7. The number of thiol groups is 1. The number of benzene rings is 1. The van der Waals surface area contributed by atoms with E-state index in [1.165, 1.54) is 0 Å². The van der Waals surface area contributed by atoms with Gasteiger partial charge in [0.1, 0.15) is 4.90 Å². The summed E-state index contributed by atoms with van der Waals surface area (Å²) in [5, 5.41) is 8.55. The molecule has 0 heterocycles. The van der Waals surface area contributed by atoms with E-state index >= 15 is 0 Å². The van der Waals surface area contributed by atoms with Crippen LogP contribution >= 0.6 is 23.3 Å². The number of rotatable bonds is 2. The van der Waals surface area contributed by atoms with E-state index in [0.29, 0.717) is 0 Å². The van der Waals surface area contributed by atoms with Crippen molar-refractivity contribution in [3.63, 3.8) is 0 Å². The Morgan fingerprint density at radius 3 is 2.38 bits per heavy atom. The van der Waals surface area contributed by atoms with Crippen LogP contribution in [0.5, 0.6) is 0 Å². The van der Waals surface area contributed by atoms with Gasteiger partial charge >= 0.3 is 0 Å². The lowest BCUT2D eigenvalue weighted by atomic mass is 10.1. The van der Waals surface area contributed by atoms with Crippen LogP contribution in [0.25, 0.3) is 0 Å². The van der Waals surface area contributed by atoms with Gasteiger partial charge in [-0.25, -0.2) is 17.2 Å². The third-order valence-corrected chi connectivity index (χ3v) is 3.62. The van der Waals surface area contributed by atoms with Gasteiger partial charge in [-0.1, -0.05) is 0 Å². The summed E-state index contributed by atoms with van der Waals surface area (Å²) in [6.07, 6.45) is -3.05.